The second-order valence-corrected chi connectivity index (χ2v) is 3.97. The SMILES string of the molecule is COc1cc(CNC(CO)CO)cc2c1OCO2. The molecule has 0 aromatic heterocycles. The van der Waals surface area contributed by atoms with E-state index in [1.807, 2.05) is 12.1 Å². The summed E-state index contributed by atoms with van der Waals surface area (Å²) >= 11 is 0. The van der Waals surface area contributed by atoms with Crippen LogP contribution in [0.25, 0.3) is 0 Å². The molecular formula is C12H17NO5. The lowest BCUT2D eigenvalue weighted by atomic mass is 10.1. The molecule has 6 nitrogen and oxygen atoms in total. The lowest BCUT2D eigenvalue weighted by Crippen LogP contribution is -2.35. The average Bonchev–Trinajstić information content (AvgIpc) is 2.87. The summed E-state index contributed by atoms with van der Waals surface area (Å²) in [6.45, 7) is 0.466. The number of aliphatic hydroxyl groups excluding tert-OH is 2. The second-order valence-electron chi connectivity index (χ2n) is 3.97. The minimum absolute atomic E-state index is 0.113. The van der Waals surface area contributed by atoms with Gasteiger partial charge in [-0.3, -0.25) is 0 Å². The normalized spacial score (nSPS) is 13.1. The van der Waals surface area contributed by atoms with Gasteiger partial charge < -0.3 is 29.7 Å². The van der Waals surface area contributed by atoms with Crippen LogP contribution < -0.4 is 19.5 Å². The molecular weight excluding hydrogens is 238 g/mol. The van der Waals surface area contributed by atoms with Crippen LogP contribution in [0.5, 0.6) is 17.2 Å². The Morgan fingerprint density at radius 1 is 1.33 bits per heavy atom. The van der Waals surface area contributed by atoms with Gasteiger partial charge in [-0.2, -0.15) is 0 Å². The van der Waals surface area contributed by atoms with E-state index in [0.717, 1.165) is 5.56 Å². The molecule has 3 N–H and O–H groups in total. The number of fused-ring (bicyclic) bond motifs is 1. The van der Waals surface area contributed by atoms with Crippen molar-refractivity contribution in [2.45, 2.75) is 12.6 Å². The van der Waals surface area contributed by atoms with Crippen LogP contribution in [-0.4, -0.2) is 43.4 Å². The van der Waals surface area contributed by atoms with Gasteiger partial charge in [0.1, 0.15) is 0 Å². The molecule has 0 spiro atoms. The molecule has 1 aliphatic heterocycles. The Labute approximate surface area is 105 Å². The first-order chi connectivity index (χ1) is 8.78. The van der Waals surface area contributed by atoms with E-state index in [0.29, 0.717) is 23.8 Å². The van der Waals surface area contributed by atoms with Crippen LogP contribution in [0, 0.1) is 0 Å². The molecule has 1 heterocycles. The molecule has 0 saturated carbocycles. The van der Waals surface area contributed by atoms with Crippen molar-refractivity contribution in [3.8, 4) is 17.2 Å². The molecule has 0 radical (unpaired) electrons. The van der Waals surface area contributed by atoms with Gasteiger partial charge >= 0.3 is 0 Å². The summed E-state index contributed by atoms with van der Waals surface area (Å²) in [5.74, 6) is 1.88. The number of rotatable bonds is 6. The molecule has 100 valence electrons. The molecule has 18 heavy (non-hydrogen) atoms. The van der Waals surface area contributed by atoms with Crippen molar-refractivity contribution in [2.75, 3.05) is 27.1 Å². The molecule has 2 rings (SSSR count). The monoisotopic (exact) mass is 255 g/mol. The topological polar surface area (TPSA) is 80.2 Å². The van der Waals surface area contributed by atoms with Crippen molar-refractivity contribution < 1.29 is 24.4 Å². The predicted molar refractivity (Wildman–Crippen MR) is 63.9 cm³/mol. The van der Waals surface area contributed by atoms with Crippen molar-refractivity contribution in [3.05, 3.63) is 17.7 Å². The van der Waals surface area contributed by atoms with Gasteiger partial charge in [0.15, 0.2) is 11.5 Å². The van der Waals surface area contributed by atoms with Crippen LogP contribution in [0.3, 0.4) is 0 Å². The van der Waals surface area contributed by atoms with E-state index in [2.05, 4.69) is 5.32 Å². The number of methoxy groups -OCH3 is 1. The molecule has 0 aliphatic carbocycles. The molecule has 0 fully saturated rings. The zero-order chi connectivity index (χ0) is 13.0. The van der Waals surface area contributed by atoms with Crippen LogP contribution in [0.15, 0.2) is 12.1 Å². The highest BCUT2D eigenvalue weighted by Gasteiger charge is 2.20. The van der Waals surface area contributed by atoms with Crippen molar-refractivity contribution in [3.63, 3.8) is 0 Å². The van der Waals surface area contributed by atoms with E-state index in [4.69, 9.17) is 24.4 Å². The van der Waals surface area contributed by atoms with Gasteiger partial charge in [0.05, 0.1) is 26.4 Å². The highest BCUT2D eigenvalue weighted by Crippen LogP contribution is 2.41. The van der Waals surface area contributed by atoms with Crippen molar-refractivity contribution in [2.24, 2.45) is 0 Å². The Kier molecular flexibility index (Phi) is 4.24. The number of benzene rings is 1. The zero-order valence-corrected chi connectivity index (χ0v) is 10.2. The maximum absolute atomic E-state index is 8.97. The van der Waals surface area contributed by atoms with Crippen LogP contribution in [-0.2, 0) is 6.54 Å². The van der Waals surface area contributed by atoms with E-state index in [1.165, 1.54) is 0 Å². The Morgan fingerprint density at radius 3 is 2.78 bits per heavy atom. The summed E-state index contributed by atoms with van der Waals surface area (Å²) in [6, 6.07) is 3.36. The number of hydrogen-bond acceptors (Lipinski definition) is 6. The first kappa shape index (κ1) is 12.9. The lowest BCUT2D eigenvalue weighted by Gasteiger charge is -2.14. The zero-order valence-electron chi connectivity index (χ0n) is 10.2. The standard InChI is InChI=1S/C12H17NO5/c1-16-10-2-8(4-13-9(5-14)6-15)3-11-12(10)18-7-17-11/h2-3,9,13-15H,4-7H2,1H3. The second kappa shape index (κ2) is 5.90. The quantitative estimate of drug-likeness (QED) is 0.657. The van der Waals surface area contributed by atoms with E-state index < -0.39 is 0 Å². The van der Waals surface area contributed by atoms with E-state index >= 15 is 0 Å². The highest BCUT2D eigenvalue weighted by atomic mass is 16.7. The van der Waals surface area contributed by atoms with Crippen LogP contribution in [0.1, 0.15) is 5.56 Å². The van der Waals surface area contributed by atoms with Crippen molar-refractivity contribution in [1.29, 1.82) is 0 Å². The minimum atomic E-state index is -0.332. The fourth-order valence-corrected chi connectivity index (χ4v) is 1.74. The molecule has 0 saturated heterocycles. The summed E-state index contributed by atoms with van der Waals surface area (Å²) in [6.07, 6.45) is 0. The van der Waals surface area contributed by atoms with Crippen LogP contribution >= 0.6 is 0 Å². The molecule has 0 unspecified atom stereocenters. The van der Waals surface area contributed by atoms with Crippen molar-refractivity contribution >= 4 is 0 Å². The Hall–Kier alpha value is -1.50. The maximum atomic E-state index is 8.97. The van der Waals surface area contributed by atoms with Crippen LogP contribution in [0.4, 0.5) is 0 Å². The van der Waals surface area contributed by atoms with Crippen molar-refractivity contribution in [1.82, 2.24) is 5.32 Å². The summed E-state index contributed by atoms with van der Waals surface area (Å²) in [5, 5.41) is 21.0. The van der Waals surface area contributed by atoms with E-state index in [9.17, 15) is 0 Å². The summed E-state index contributed by atoms with van der Waals surface area (Å²) < 4.78 is 15.8. The Morgan fingerprint density at radius 2 is 2.11 bits per heavy atom. The van der Waals surface area contributed by atoms with Gasteiger partial charge in [0.25, 0.3) is 0 Å². The van der Waals surface area contributed by atoms with Gasteiger partial charge in [-0.15, -0.1) is 0 Å². The highest BCUT2D eigenvalue weighted by molar-refractivity contribution is 5.55. The largest absolute Gasteiger partial charge is 0.493 e. The molecule has 0 amide bonds. The minimum Gasteiger partial charge on any atom is -0.493 e. The fraction of sp³-hybridized carbons (Fsp3) is 0.500. The third-order valence-electron chi connectivity index (χ3n) is 2.75. The van der Waals surface area contributed by atoms with E-state index in [-0.39, 0.29) is 26.0 Å². The number of ether oxygens (including phenoxy) is 3. The molecule has 1 aromatic carbocycles. The van der Waals surface area contributed by atoms with Gasteiger partial charge in [-0.1, -0.05) is 0 Å². The number of nitrogens with one attached hydrogen (secondary N) is 1. The number of hydrogen-bond donors (Lipinski definition) is 3. The maximum Gasteiger partial charge on any atom is 0.231 e. The first-order valence-corrected chi connectivity index (χ1v) is 5.70. The smallest absolute Gasteiger partial charge is 0.231 e. The van der Waals surface area contributed by atoms with Gasteiger partial charge in [0, 0.05) is 6.54 Å². The molecule has 0 atom stereocenters. The molecule has 1 aliphatic rings. The Balaban J connectivity index is 2.09. The molecule has 0 bridgehead atoms. The first-order valence-electron chi connectivity index (χ1n) is 5.70. The number of aliphatic hydroxyl groups is 2. The average molecular weight is 255 g/mol. The van der Waals surface area contributed by atoms with E-state index in [1.54, 1.807) is 7.11 Å². The molecule has 6 heteroatoms. The van der Waals surface area contributed by atoms with Gasteiger partial charge in [-0.25, -0.2) is 0 Å². The Bertz CT molecular complexity index is 406. The molecule has 1 aromatic rings. The summed E-state index contributed by atoms with van der Waals surface area (Å²) in [5.41, 5.74) is 0.933. The third kappa shape index (κ3) is 2.66. The van der Waals surface area contributed by atoms with Gasteiger partial charge in [0.2, 0.25) is 12.5 Å². The lowest BCUT2D eigenvalue weighted by molar-refractivity contribution is 0.170. The fourth-order valence-electron chi connectivity index (χ4n) is 1.74. The predicted octanol–water partition coefficient (Wildman–Crippen LogP) is -0.133. The summed E-state index contributed by atoms with van der Waals surface area (Å²) in [4.78, 5) is 0. The third-order valence-corrected chi connectivity index (χ3v) is 2.75. The van der Waals surface area contributed by atoms with Gasteiger partial charge in [-0.05, 0) is 17.7 Å². The summed E-state index contributed by atoms with van der Waals surface area (Å²) in [7, 11) is 1.57. The van der Waals surface area contributed by atoms with Crippen LogP contribution in [0.2, 0.25) is 0 Å².